The van der Waals surface area contributed by atoms with E-state index in [9.17, 15) is 0 Å². The molecule has 2 nitrogen and oxygen atoms in total. The first-order chi connectivity index (χ1) is 9.23. The second-order valence-corrected chi connectivity index (χ2v) is 7.58. The molecule has 1 radical (unpaired) electrons. The smallest absolute Gasteiger partial charge is 0.403 e. The van der Waals surface area contributed by atoms with E-state index in [0.29, 0.717) is 11.7 Å². The molecule has 1 aliphatic heterocycles. The summed E-state index contributed by atoms with van der Waals surface area (Å²) in [6, 6.07) is 5.66. The molecule has 1 aromatic carbocycles. The fourth-order valence-electron chi connectivity index (χ4n) is 2.78. The van der Waals surface area contributed by atoms with Crippen molar-refractivity contribution in [1.82, 2.24) is 0 Å². The second kappa shape index (κ2) is 6.38. The first-order valence-corrected chi connectivity index (χ1v) is 7.78. The third-order valence-electron chi connectivity index (χ3n) is 4.83. The maximum absolute atomic E-state index is 6.28. The molecule has 0 aromatic heterocycles. The number of rotatable bonds is 2. The van der Waals surface area contributed by atoms with Crippen molar-refractivity contribution in [2.75, 3.05) is 0 Å². The molecule has 21 heavy (non-hydrogen) atoms. The summed E-state index contributed by atoms with van der Waals surface area (Å²) >= 11 is 12.6. The summed E-state index contributed by atoms with van der Waals surface area (Å²) in [6.07, 6.45) is 1.01. The first kappa shape index (κ1) is 18.8. The molecular formula is C15H19BCl2KO2. The Bertz CT molecular complexity index is 514. The van der Waals surface area contributed by atoms with E-state index >= 15 is 0 Å². The van der Waals surface area contributed by atoms with E-state index in [0.717, 1.165) is 22.0 Å². The van der Waals surface area contributed by atoms with Crippen LogP contribution in [0.3, 0.4) is 0 Å². The molecule has 3 rings (SSSR count). The largest absolute Gasteiger partial charge is 0.461 e. The fourth-order valence-corrected chi connectivity index (χ4v) is 3.45. The monoisotopic (exact) mass is 351 g/mol. The molecule has 1 saturated heterocycles. The van der Waals surface area contributed by atoms with Gasteiger partial charge < -0.3 is 9.31 Å². The molecule has 2 fully saturated rings. The van der Waals surface area contributed by atoms with Crippen molar-refractivity contribution in [3.63, 3.8) is 0 Å². The van der Waals surface area contributed by atoms with Gasteiger partial charge in [0.05, 0.1) is 11.2 Å². The molecule has 0 N–H and O–H groups in total. The zero-order valence-corrected chi connectivity index (χ0v) is 17.9. The van der Waals surface area contributed by atoms with Gasteiger partial charge in [0, 0.05) is 67.2 Å². The number of benzene rings is 1. The van der Waals surface area contributed by atoms with E-state index in [1.807, 2.05) is 18.2 Å². The number of hydrogen-bond donors (Lipinski definition) is 0. The zero-order chi connectivity index (χ0) is 14.7. The normalized spacial score (nSPS) is 29.1. The van der Waals surface area contributed by atoms with Gasteiger partial charge in [-0.2, -0.15) is 0 Å². The standard InChI is InChI=1S/C15H19BCl2O2.K/c1-14(2)15(3,4)20-16(19-14)10-8-9(10)13-11(17)6-5-7-12(13)18;/h5-7,9-10H,8H2,1-4H3;. The average Bonchev–Trinajstić information content (AvgIpc) is 3.02. The second-order valence-electron chi connectivity index (χ2n) is 6.77. The van der Waals surface area contributed by atoms with Gasteiger partial charge >= 0.3 is 7.12 Å². The third-order valence-corrected chi connectivity index (χ3v) is 5.49. The van der Waals surface area contributed by atoms with Crippen LogP contribution in [-0.4, -0.2) is 69.7 Å². The third kappa shape index (κ3) is 3.45. The van der Waals surface area contributed by atoms with Crippen molar-refractivity contribution in [1.29, 1.82) is 0 Å². The van der Waals surface area contributed by atoms with Crippen LogP contribution in [0, 0.1) is 0 Å². The molecule has 2 unspecified atom stereocenters. The van der Waals surface area contributed by atoms with Crippen LogP contribution in [0.4, 0.5) is 0 Å². The minimum atomic E-state index is -0.283. The summed E-state index contributed by atoms with van der Waals surface area (Å²) in [5.41, 5.74) is 0.472. The Morgan fingerprint density at radius 3 is 2.00 bits per heavy atom. The minimum absolute atomic E-state index is 0. The van der Waals surface area contributed by atoms with Gasteiger partial charge in [-0.1, -0.05) is 29.3 Å². The quantitative estimate of drug-likeness (QED) is 0.727. The molecular weight excluding hydrogens is 333 g/mol. The summed E-state index contributed by atoms with van der Waals surface area (Å²) in [6.45, 7) is 8.31. The summed E-state index contributed by atoms with van der Waals surface area (Å²) in [5, 5.41) is 1.48. The Labute approximate surface area is 179 Å². The van der Waals surface area contributed by atoms with Crippen LogP contribution in [-0.2, 0) is 9.31 Å². The first-order valence-electron chi connectivity index (χ1n) is 7.02. The summed E-state index contributed by atoms with van der Waals surface area (Å²) in [7, 11) is -0.169. The Morgan fingerprint density at radius 1 is 1.05 bits per heavy atom. The van der Waals surface area contributed by atoms with Gasteiger partial charge in [-0.05, 0) is 57.7 Å². The van der Waals surface area contributed by atoms with E-state index in [-0.39, 0.29) is 69.7 Å². The van der Waals surface area contributed by atoms with Gasteiger partial charge in [-0.15, -0.1) is 0 Å². The van der Waals surface area contributed by atoms with Crippen LogP contribution in [0.25, 0.3) is 0 Å². The number of halogens is 2. The molecule has 1 heterocycles. The molecule has 6 heteroatoms. The fraction of sp³-hybridized carbons (Fsp3) is 0.600. The molecule has 2 aliphatic rings. The Kier molecular flexibility index (Phi) is 5.70. The predicted octanol–water partition coefficient (Wildman–Crippen LogP) is 4.56. The molecule has 109 valence electrons. The van der Waals surface area contributed by atoms with Crippen LogP contribution in [0.5, 0.6) is 0 Å². The van der Waals surface area contributed by atoms with Crippen molar-refractivity contribution in [2.45, 2.75) is 57.1 Å². The van der Waals surface area contributed by atoms with E-state index in [4.69, 9.17) is 32.5 Å². The van der Waals surface area contributed by atoms with Gasteiger partial charge in [0.2, 0.25) is 0 Å². The SMILES string of the molecule is CC1(C)OB(C2CC2c2c(Cl)cccc2Cl)OC1(C)C.[K]. The van der Waals surface area contributed by atoms with E-state index in [1.54, 1.807) is 0 Å². The van der Waals surface area contributed by atoms with Gasteiger partial charge in [-0.3, -0.25) is 0 Å². The van der Waals surface area contributed by atoms with E-state index in [2.05, 4.69) is 27.7 Å². The van der Waals surface area contributed by atoms with Crippen LogP contribution in [0.15, 0.2) is 18.2 Å². The molecule has 0 bridgehead atoms. The van der Waals surface area contributed by atoms with E-state index < -0.39 is 0 Å². The summed E-state index contributed by atoms with van der Waals surface area (Å²) < 4.78 is 12.2. The summed E-state index contributed by atoms with van der Waals surface area (Å²) in [4.78, 5) is 0. The Hall–Kier alpha value is 1.42. The molecule has 0 amide bonds. The molecule has 0 spiro atoms. The molecule has 1 aromatic rings. The Morgan fingerprint density at radius 2 is 1.52 bits per heavy atom. The zero-order valence-electron chi connectivity index (χ0n) is 13.2. The van der Waals surface area contributed by atoms with Crippen LogP contribution in [0.1, 0.15) is 45.6 Å². The van der Waals surface area contributed by atoms with Gasteiger partial charge in [0.25, 0.3) is 0 Å². The van der Waals surface area contributed by atoms with Gasteiger partial charge in [0.1, 0.15) is 0 Å². The van der Waals surface area contributed by atoms with Gasteiger partial charge in [0.15, 0.2) is 0 Å². The van der Waals surface area contributed by atoms with E-state index in [1.165, 1.54) is 0 Å². The number of hydrogen-bond acceptors (Lipinski definition) is 2. The maximum atomic E-state index is 6.28. The molecule has 1 saturated carbocycles. The van der Waals surface area contributed by atoms with Crippen LogP contribution >= 0.6 is 23.2 Å². The average molecular weight is 352 g/mol. The van der Waals surface area contributed by atoms with Crippen molar-refractivity contribution >= 4 is 81.7 Å². The van der Waals surface area contributed by atoms with Crippen molar-refractivity contribution < 1.29 is 9.31 Å². The van der Waals surface area contributed by atoms with Crippen molar-refractivity contribution in [2.24, 2.45) is 0 Å². The van der Waals surface area contributed by atoms with Crippen molar-refractivity contribution in [3.05, 3.63) is 33.8 Å². The Balaban J connectivity index is 0.00000161. The van der Waals surface area contributed by atoms with Crippen LogP contribution in [0.2, 0.25) is 15.9 Å². The molecule has 1 aliphatic carbocycles. The topological polar surface area (TPSA) is 18.5 Å². The minimum Gasteiger partial charge on any atom is -0.403 e. The predicted molar refractivity (Wildman–Crippen MR) is 89.4 cm³/mol. The van der Waals surface area contributed by atoms with Crippen molar-refractivity contribution in [3.8, 4) is 0 Å². The van der Waals surface area contributed by atoms with Gasteiger partial charge in [-0.25, -0.2) is 0 Å². The molecule has 2 atom stereocenters. The summed E-state index contributed by atoms with van der Waals surface area (Å²) in [5.74, 6) is 0.680. The maximum Gasteiger partial charge on any atom is 0.461 e. The van der Waals surface area contributed by atoms with Crippen LogP contribution < -0.4 is 0 Å².